The molecule has 0 aliphatic rings. The van der Waals surface area contributed by atoms with E-state index in [-0.39, 0.29) is 11.7 Å². The molecule has 0 bridgehead atoms. The van der Waals surface area contributed by atoms with Crippen LogP contribution in [0.15, 0.2) is 30.3 Å². The molecule has 0 amide bonds. The Hall–Kier alpha value is -0.420. The van der Waals surface area contributed by atoms with Crippen molar-refractivity contribution in [2.45, 2.75) is 13.0 Å². The molecule has 0 unspecified atom stereocenters. The molecule has 1 aromatic rings. The topological polar surface area (TPSA) is 37.3 Å². The largest absolute Gasteiger partial charge is 0.388 e. The van der Waals surface area contributed by atoms with Crippen molar-refractivity contribution in [2.24, 2.45) is 5.92 Å². The highest BCUT2D eigenvalue weighted by Gasteiger charge is 2.23. The first-order chi connectivity index (χ1) is 6.66. The smallest absolute Gasteiger partial charge is 0.136 e. The lowest BCUT2D eigenvalue weighted by atomic mass is 9.94. The Bertz CT molecular complexity index is 297. The summed E-state index contributed by atoms with van der Waals surface area (Å²) in [6.07, 6.45) is -0.675. The van der Waals surface area contributed by atoms with Crippen molar-refractivity contribution < 1.29 is 9.90 Å². The van der Waals surface area contributed by atoms with Crippen molar-refractivity contribution in [1.29, 1.82) is 0 Å². The van der Waals surface area contributed by atoms with E-state index in [1.54, 1.807) is 0 Å². The number of carbonyl (C=O) groups excluding carboxylic acids is 1. The van der Waals surface area contributed by atoms with Crippen LogP contribution in [-0.2, 0) is 4.79 Å². The lowest BCUT2D eigenvalue weighted by Gasteiger charge is -2.18. The summed E-state index contributed by atoms with van der Waals surface area (Å²) in [6, 6.07) is 9.30. The van der Waals surface area contributed by atoms with E-state index in [0.717, 1.165) is 5.56 Å². The van der Waals surface area contributed by atoms with Gasteiger partial charge in [-0.3, -0.25) is 4.79 Å². The Balaban J connectivity index is 2.83. The molecule has 2 nitrogen and oxygen atoms in total. The molecule has 0 aliphatic heterocycles. The van der Waals surface area contributed by atoms with Gasteiger partial charge in [0.15, 0.2) is 0 Å². The first kappa shape index (κ1) is 11.7. The monoisotopic (exact) mass is 304 g/mol. The van der Waals surface area contributed by atoms with Gasteiger partial charge in [-0.1, -0.05) is 52.9 Å². The SMILES string of the molecule is CC(=O)[C@H](CI)[C@@H](O)c1ccccc1. The van der Waals surface area contributed by atoms with Gasteiger partial charge in [0.1, 0.15) is 5.78 Å². The molecule has 14 heavy (non-hydrogen) atoms. The molecule has 0 heterocycles. The maximum atomic E-state index is 11.2. The summed E-state index contributed by atoms with van der Waals surface area (Å²) in [5.41, 5.74) is 0.810. The lowest BCUT2D eigenvalue weighted by Crippen LogP contribution is -2.21. The second-order valence-electron chi connectivity index (χ2n) is 3.23. The lowest BCUT2D eigenvalue weighted by molar-refractivity contribution is -0.123. The Kier molecular flexibility index (Phi) is 4.54. The summed E-state index contributed by atoms with van der Waals surface area (Å²) in [4.78, 5) is 11.2. The van der Waals surface area contributed by atoms with Gasteiger partial charge in [-0.15, -0.1) is 0 Å². The summed E-state index contributed by atoms with van der Waals surface area (Å²) < 4.78 is 0.642. The van der Waals surface area contributed by atoms with Crippen molar-refractivity contribution >= 4 is 28.4 Å². The zero-order valence-electron chi connectivity index (χ0n) is 7.98. The summed E-state index contributed by atoms with van der Waals surface area (Å²) >= 11 is 2.13. The van der Waals surface area contributed by atoms with Crippen LogP contribution in [0, 0.1) is 5.92 Å². The Labute approximate surface area is 97.5 Å². The molecule has 0 aliphatic carbocycles. The fourth-order valence-corrected chi connectivity index (χ4v) is 2.40. The predicted molar refractivity (Wildman–Crippen MR) is 64.5 cm³/mol. The number of aliphatic hydroxyl groups excluding tert-OH is 1. The highest BCUT2D eigenvalue weighted by Crippen LogP contribution is 2.24. The van der Waals surface area contributed by atoms with Crippen LogP contribution in [0.5, 0.6) is 0 Å². The van der Waals surface area contributed by atoms with E-state index in [1.165, 1.54) is 6.92 Å². The van der Waals surface area contributed by atoms with Gasteiger partial charge < -0.3 is 5.11 Å². The number of halogens is 1. The van der Waals surface area contributed by atoms with Crippen molar-refractivity contribution in [1.82, 2.24) is 0 Å². The summed E-state index contributed by atoms with van der Waals surface area (Å²) in [6.45, 7) is 1.52. The fourth-order valence-electron chi connectivity index (χ4n) is 1.30. The number of hydrogen-bond acceptors (Lipinski definition) is 2. The number of alkyl halides is 1. The van der Waals surface area contributed by atoms with E-state index in [0.29, 0.717) is 4.43 Å². The van der Waals surface area contributed by atoms with Crippen LogP contribution in [0.1, 0.15) is 18.6 Å². The summed E-state index contributed by atoms with van der Waals surface area (Å²) in [7, 11) is 0. The van der Waals surface area contributed by atoms with Crippen molar-refractivity contribution in [2.75, 3.05) is 4.43 Å². The average Bonchev–Trinajstić information content (AvgIpc) is 2.19. The molecule has 1 rings (SSSR count). The number of Topliss-reactive ketones (excluding diaryl/α,β-unsaturated/α-hetero) is 1. The minimum absolute atomic E-state index is 0.0377. The minimum atomic E-state index is -0.675. The Morgan fingerprint density at radius 2 is 2.00 bits per heavy atom. The van der Waals surface area contributed by atoms with Crippen molar-refractivity contribution in [3.05, 3.63) is 35.9 Å². The van der Waals surface area contributed by atoms with Gasteiger partial charge in [-0.2, -0.15) is 0 Å². The van der Waals surface area contributed by atoms with Crippen molar-refractivity contribution in [3.63, 3.8) is 0 Å². The van der Waals surface area contributed by atoms with Crippen LogP contribution in [-0.4, -0.2) is 15.3 Å². The van der Waals surface area contributed by atoms with Crippen LogP contribution < -0.4 is 0 Å². The van der Waals surface area contributed by atoms with E-state index in [4.69, 9.17) is 0 Å². The third-order valence-electron chi connectivity index (χ3n) is 2.21. The molecule has 2 atom stereocenters. The zero-order chi connectivity index (χ0) is 10.6. The van der Waals surface area contributed by atoms with E-state index in [1.807, 2.05) is 30.3 Å². The molecule has 76 valence electrons. The quantitative estimate of drug-likeness (QED) is 0.685. The van der Waals surface area contributed by atoms with E-state index in [9.17, 15) is 9.90 Å². The van der Waals surface area contributed by atoms with Crippen molar-refractivity contribution in [3.8, 4) is 0 Å². The Morgan fingerprint density at radius 1 is 1.43 bits per heavy atom. The second-order valence-corrected chi connectivity index (χ2v) is 4.11. The van der Waals surface area contributed by atoms with Gasteiger partial charge in [0.25, 0.3) is 0 Å². The Morgan fingerprint density at radius 3 is 2.43 bits per heavy atom. The maximum absolute atomic E-state index is 11.2. The summed E-state index contributed by atoms with van der Waals surface area (Å²) in [5.74, 6) is -0.256. The highest BCUT2D eigenvalue weighted by atomic mass is 127. The van der Waals surface area contributed by atoms with Crippen LogP contribution in [0.2, 0.25) is 0 Å². The number of ketones is 1. The maximum Gasteiger partial charge on any atom is 0.136 e. The highest BCUT2D eigenvalue weighted by molar-refractivity contribution is 14.1. The average molecular weight is 304 g/mol. The van der Waals surface area contributed by atoms with Gasteiger partial charge >= 0.3 is 0 Å². The summed E-state index contributed by atoms with van der Waals surface area (Å²) in [5, 5.41) is 9.93. The number of benzene rings is 1. The zero-order valence-corrected chi connectivity index (χ0v) is 10.1. The first-order valence-corrected chi connectivity index (χ1v) is 5.98. The molecule has 0 saturated heterocycles. The second kappa shape index (κ2) is 5.46. The van der Waals surface area contributed by atoms with E-state index in [2.05, 4.69) is 22.6 Å². The van der Waals surface area contributed by atoms with Gasteiger partial charge in [-0.05, 0) is 12.5 Å². The molecule has 0 saturated carbocycles. The van der Waals surface area contributed by atoms with Crippen LogP contribution >= 0.6 is 22.6 Å². The third-order valence-corrected chi connectivity index (χ3v) is 3.16. The fraction of sp³-hybridized carbons (Fsp3) is 0.364. The molecule has 0 spiro atoms. The molecule has 3 heteroatoms. The number of carbonyl (C=O) groups is 1. The van der Waals surface area contributed by atoms with Gasteiger partial charge in [0.2, 0.25) is 0 Å². The molecule has 0 fully saturated rings. The standard InChI is InChI=1S/C11H13IO2/c1-8(13)10(7-12)11(14)9-5-3-2-4-6-9/h2-6,10-11,14H,7H2,1H3/t10-,11-/m0/s1. The van der Waals surface area contributed by atoms with E-state index >= 15 is 0 Å². The van der Waals surface area contributed by atoms with E-state index < -0.39 is 6.10 Å². The molecule has 0 radical (unpaired) electrons. The van der Waals surface area contributed by atoms with Gasteiger partial charge in [-0.25, -0.2) is 0 Å². The molecule has 1 aromatic carbocycles. The molecule has 1 N–H and O–H groups in total. The number of hydrogen-bond donors (Lipinski definition) is 1. The third kappa shape index (κ3) is 2.78. The number of aliphatic hydroxyl groups is 1. The minimum Gasteiger partial charge on any atom is -0.388 e. The van der Waals surface area contributed by atoms with Crippen LogP contribution in [0.4, 0.5) is 0 Å². The predicted octanol–water partition coefficient (Wildman–Crippen LogP) is 2.36. The molecular formula is C11H13IO2. The van der Waals surface area contributed by atoms with Crippen LogP contribution in [0.25, 0.3) is 0 Å². The van der Waals surface area contributed by atoms with Crippen LogP contribution in [0.3, 0.4) is 0 Å². The molecular weight excluding hydrogens is 291 g/mol. The molecule has 0 aromatic heterocycles. The number of rotatable bonds is 4. The normalized spacial score (nSPS) is 14.8. The van der Waals surface area contributed by atoms with Gasteiger partial charge in [0.05, 0.1) is 12.0 Å². The first-order valence-electron chi connectivity index (χ1n) is 4.46. The van der Waals surface area contributed by atoms with Gasteiger partial charge in [0, 0.05) is 4.43 Å².